The Bertz CT molecular complexity index is 1490. The van der Waals surface area contributed by atoms with E-state index in [0.717, 1.165) is 96.3 Å². The minimum absolute atomic E-state index is 0.163. The van der Waals surface area contributed by atoms with E-state index in [0.29, 0.717) is 19.3 Å². The summed E-state index contributed by atoms with van der Waals surface area (Å²) in [4.78, 5) is 48.7. The number of ether oxygens (including phenoxy) is 3. The van der Waals surface area contributed by atoms with Gasteiger partial charge in [-0.2, -0.15) is 0 Å². The molecule has 0 bridgehead atoms. The lowest BCUT2D eigenvalue weighted by Crippen LogP contribution is -2.30. The number of aliphatic hydroxyl groups is 1. The highest BCUT2D eigenvalue weighted by atomic mass is 31.2. The van der Waals surface area contributed by atoms with Crippen molar-refractivity contribution >= 4 is 25.7 Å². The number of phosphoric acid groups is 1. The molecule has 0 heterocycles. The van der Waals surface area contributed by atoms with Gasteiger partial charge in [0.05, 0.1) is 19.8 Å². The van der Waals surface area contributed by atoms with Crippen molar-refractivity contribution in [3.63, 3.8) is 0 Å². The van der Waals surface area contributed by atoms with E-state index in [4.69, 9.17) is 23.3 Å². The summed E-state index contributed by atoms with van der Waals surface area (Å²) in [5.41, 5.74) is 0. The molecule has 0 aliphatic heterocycles. The van der Waals surface area contributed by atoms with E-state index >= 15 is 0 Å². The molecule has 0 spiro atoms. The van der Waals surface area contributed by atoms with Crippen molar-refractivity contribution in [1.82, 2.24) is 0 Å². The molecular formula is C66H121O11P. The van der Waals surface area contributed by atoms with Gasteiger partial charge in [0.2, 0.25) is 0 Å². The maximum absolute atomic E-state index is 13.0. The fourth-order valence-corrected chi connectivity index (χ4v) is 10.0. The molecule has 0 aromatic heterocycles. The fourth-order valence-electron chi connectivity index (χ4n) is 9.25. The Morgan fingerprint density at radius 3 is 1.03 bits per heavy atom. The SMILES string of the molecule is CCC/C=C\C/C=C\CCCCCCCC(=O)OC(CO)COP(=O)(O)OCC(COC(=O)CCCCCCCCCCC/C=C\C/C=C\CCCCC)OC(=O)CCCCCCCCCCCCCCCCCCCCC. The lowest BCUT2D eigenvalue weighted by Gasteiger charge is -2.21. The van der Waals surface area contributed by atoms with Crippen LogP contribution in [0.15, 0.2) is 48.6 Å². The molecule has 456 valence electrons. The van der Waals surface area contributed by atoms with Crippen molar-refractivity contribution in [2.75, 3.05) is 26.4 Å². The van der Waals surface area contributed by atoms with Crippen LogP contribution in [-0.4, -0.2) is 66.5 Å². The van der Waals surface area contributed by atoms with E-state index in [9.17, 15) is 28.9 Å². The highest BCUT2D eigenvalue weighted by Gasteiger charge is 2.28. The van der Waals surface area contributed by atoms with Crippen LogP contribution in [0.1, 0.15) is 316 Å². The lowest BCUT2D eigenvalue weighted by atomic mass is 10.0. The third kappa shape index (κ3) is 58.1. The van der Waals surface area contributed by atoms with Crippen molar-refractivity contribution in [2.45, 2.75) is 328 Å². The molecule has 2 N–H and O–H groups in total. The van der Waals surface area contributed by atoms with E-state index in [-0.39, 0.29) is 25.9 Å². The molecule has 0 aliphatic rings. The van der Waals surface area contributed by atoms with Gasteiger partial charge in [0.1, 0.15) is 12.7 Å². The smallest absolute Gasteiger partial charge is 0.462 e. The molecule has 0 radical (unpaired) electrons. The first-order valence-electron chi connectivity index (χ1n) is 32.5. The zero-order valence-corrected chi connectivity index (χ0v) is 51.5. The van der Waals surface area contributed by atoms with Crippen LogP contribution in [0.4, 0.5) is 0 Å². The van der Waals surface area contributed by atoms with Crippen LogP contribution in [0.25, 0.3) is 0 Å². The van der Waals surface area contributed by atoms with E-state index in [1.807, 2.05) is 0 Å². The van der Waals surface area contributed by atoms with Gasteiger partial charge in [0.25, 0.3) is 0 Å². The number of unbranched alkanes of at least 4 members (excludes halogenated alkanes) is 36. The maximum Gasteiger partial charge on any atom is 0.472 e. The van der Waals surface area contributed by atoms with Crippen LogP contribution in [0.2, 0.25) is 0 Å². The number of hydrogen-bond donors (Lipinski definition) is 2. The van der Waals surface area contributed by atoms with E-state index < -0.39 is 57.8 Å². The highest BCUT2D eigenvalue weighted by Crippen LogP contribution is 2.43. The predicted molar refractivity (Wildman–Crippen MR) is 325 cm³/mol. The summed E-state index contributed by atoms with van der Waals surface area (Å²) in [7, 11) is -4.75. The average Bonchev–Trinajstić information content (AvgIpc) is 3.43. The van der Waals surface area contributed by atoms with E-state index in [2.05, 4.69) is 69.4 Å². The largest absolute Gasteiger partial charge is 0.472 e. The van der Waals surface area contributed by atoms with Gasteiger partial charge in [0.15, 0.2) is 6.10 Å². The van der Waals surface area contributed by atoms with Crippen LogP contribution in [0.3, 0.4) is 0 Å². The number of carbonyl (C=O) groups is 3. The van der Waals surface area contributed by atoms with E-state index in [1.165, 1.54) is 161 Å². The summed E-state index contributed by atoms with van der Waals surface area (Å²) in [5.74, 6) is -1.46. The fraction of sp³-hybridized carbons (Fsp3) is 0.833. The van der Waals surface area contributed by atoms with E-state index in [1.54, 1.807) is 0 Å². The van der Waals surface area contributed by atoms with Crippen molar-refractivity contribution in [3.05, 3.63) is 48.6 Å². The molecule has 0 fully saturated rings. The molecule has 0 amide bonds. The highest BCUT2D eigenvalue weighted by molar-refractivity contribution is 7.47. The van der Waals surface area contributed by atoms with Crippen molar-refractivity contribution in [1.29, 1.82) is 0 Å². The third-order valence-corrected chi connectivity index (χ3v) is 15.2. The zero-order chi connectivity index (χ0) is 56.9. The second-order valence-corrected chi connectivity index (χ2v) is 23.4. The standard InChI is InChI=1S/C66H121O11P/c1-4-7-10-13-16-19-22-25-27-29-31-33-35-38-40-43-46-49-52-55-64(68)73-59-63(77-66(70)57-54-51-48-45-42-39-36-34-32-30-28-26-23-20-17-14-11-8-5-2)61-75-78(71,72)74-60-62(58-67)76-65(69)56-53-50-47-44-41-37-24-21-18-15-12-9-6-3/h12,15-16,19,21,24-25,27,62-63,67H,4-11,13-14,17-18,20,22-23,26,28-61H2,1-3H3,(H,71,72)/b15-12-,19-16-,24-21-,27-25-. The van der Waals surface area contributed by atoms with Gasteiger partial charge in [0, 0.05) is 19.3 Å². The zero-order valence-electron chi connectivity index (χ0n) is 50.6. The molecule has 3 unspecified atom stereocenters. The summed E-state index contributed by atoms with van der Waals surface area (Å²) < 4.78 is 39.7. The van der Waals surface area contributed by atoms with Crippen LogP contribution >= 0.6 is 7.82 Å². The minimum Gasteiger partial charge on any atom is -0.462 e. The molecule has 0 saturated heterocycles. The Hall–Kier alpha value is -2.56. The first kappa shape index (κ1) is 75.4. The normalized spacial score (nSPS) is 13.6. The Balaban J connectivity index is 4.68. The topological polar surface area (TPSA) is 155 Å². The Labute approximate surface area is 479 Å². The first-order chi connectivity index (χ1) is 38.2. The Morgan fingerprint density at radius 1 is 0.359 bits per heavy atom. The minimum atomic E-state index is -4.75. The van der Waals surface area contributed by atoms with Gasteiger partial charge < -0.3 is 24.2 Å². The number of phosphoric ester groups is 1. The quantitative estimate of drug-likeness (QED) is 0.0197. The number of carbonyl (C=O) groups excluding carboxylic acids is 3. The summed E-state index contributed by atoms with van der Waals surface area (Å²) in [6.07, 6.45) is 66.3. The number of allylic oxidation sites excluding steroid dienone is 8. The summed E-state index contributed by atoms with van der Waals surface area (Å²) in [6, 6.07) is 0. The molecule has 0 aliphatic carbocycles. The van der Waals surface area contributed by atoms with Gasteiger partial charge in [-0.1, -0.05) is 268 Å². The van der Waals surface area contributed by atoms with Gasteiger partial charge in [-0.15, -0.1) is 0 Å². The van der Waals surface area contributed by atoms with Crippen LogP contribution in [-0.2, 0) is 42.2 Å². The number of esters is 3. The predicted octanol–water partition coefficient (Wildman–Crippen LogP) is 19.7. The second kappa shape index (κ2) is 60.5. The summed E-state index contributed by atoms with van der Waals surface area (Å²) in [6.45, 7) is 4.60. The summed E-state index contributed by atoms with van der Waals surface area (Å²) >= 11 is 0. The van der Waals surface area contributed by atoms with Gasteiger partial charge >= 0.3 is 25.7 Å². The number of aliphatic hydroxyl groups excluding tert-OH is 1. The van der Waals surface area contributed by atoms with Crippen LogP contribution < -0.4 is 0 Å². The monoisotopic (exact) mass is 1120 g/mol. The van der Waals surface area contributed by atoms with Crippen molar-refractivity contribution in [3.8, 4) is 0 Å². The molecule has 11 nitrogen and oxygen atoms in total. The van der Waals surface area contributed by atoms with Gasteiger partial charge in [-0.3, -0.25) is 23.4 Å². The molecule has 0 aromatic carbocycles. The molecular weight excluding hydrogens is 1000 g/mol. The average molecular weight is 1120 g/mol. The third-order valence-electron chi connectivity index (χ3n) is 14.2. The van der Waals surface area contributed by atoms with Crippen LogP contribution in [0, 0.1) is 0 Å². The summed E-state index contributed by atoms with van der Waals surface area (Å²) in [5, 5.41) is 9.83. The molecule has 0 rings (SSSR count). The molecule has 12 heteroatoms. The second-order valence-electron chi connectivity index (χ2n) is 21.9. The lowest BCUT2D eigenvalue weighted by molar-refractivity contribution is -0.161. The van der Waals surface area contributed by atoms with Gasteiger partial charge in [-0.05, 0) is 77.0 Å². The molecule has 78 heavy (non-hydrogen) atoms. The number of rotatable bonds is 61. The Kier molecular flexibility index (Phi) is 58.5. The van der Waals surface area contributed by atoms with Crippen molar-refractivity contribution in [2.24, 2.45) is 0 Å². The first-order valence-corrected chi connectivity index (χ1v) is 34.0. The van der Waals surface area contributed by atoms with Crippen LogP contribution in [0.5, 0.6) is 0 Å². The Morgan fingerprint density at radius 2 is 0.654 bits per heavy atom. The molecule has 0 aromatic rings. The number of hydrogen-bond acceptors (Lipinski definition) is 10. The maximum atomic E-state index is 13.0. The molecule has 0 saturated carbocycles. The van der Waals surface area contributed by atoms with Crippen molar-refractivity contribution < 1.29 is 52.2 Å². The molecule has 3 atom stereocenters. The van der Waals surface area contributed by atoms with Gasteiger partial charge in [-0.25, -0.2) is 4.57 Å².